The van der Waals surface area contributed by atoms with Gasteiger partial charge < -0.3 is 15.2 Å². The summed E-state index contributed by atoms with van der Waals surface area (Å²) >= 11 is 0. The van der Waals surface area contributed by atoms with Gasteiger partial charge in [-0.15, -0.1) is 0 Å². The lowest BCUT2D eigenvalue weighted by Crippen LogP contribution is -2.44. The van der Waals surface area contributed by atoms with Crippen molar-refractivity contribution in [3.05, 3.63) is 35.6 Å². The van der Waals surface area contributed by atoms with E-state index < -0.39 is 17.9 Å². The van der Waals surface area contributed by atoms with Crippen LogP contribution in [0.5, 0.6) is 0 Å². The molecule has 1 aromatic carbocycles. The van der Waals surface area contributed by atoms with E-state index in [-0.39, 0.29) is 24.8 Å². The normalized spacial score (nSPS) is 13.5. The second-order valence-corrected chi connectivity index (χ2v) is 4.92. The largest absolute Gasteiger partial charge is 0.480 e. The Morgan fingerprint density at radius 3 is 2.71 bits per heavy atom. The molecule has 0 radical (unpaired) electrons. The van der Waals surface area contributed by atoms with Gasteiger partial charge in [0.25, 0.3) is 0 Å². The van der Waals surface area contributed by atoms with Gasteiger partial charge in [-0.2, -0.15) is 0 Å². The Balaban J connectivity index is 2.58. The van der Waals surface area contributed by atoms with Crippen LogP contribution >= 0.6 is 0 Å². The zero-order valence-electron chi connectivity index (χ0n) is 12.1. The molecule has 0 aliphatic heterocycles. The molecule has 0 fully saturated rings. The molecule has 0 aliphatic rings. The zero-order chi connectivity index (χ0) is 15.8. The number of aliphatic carboxylic acids is 1. The molecule has 1 amide bonds. The molecule has 5 nitrogen and oxygen atoms in total. The maximum atomic E-state index is 13.1. The first-order valence-corrected chi connectivity index (χ1v) is 6.70. The average Bonchev–Trinajstić information content (AvgIpc) is 2.42. The lowest BCUT2D eigenvalue weighted by Gasteiger charge is -2.17. The van der Waals surface area contributed by atoms with Crippen molar-refractivity contribution in [3.8, 4) is 0 Å². The van der Waals surface area contributed by atoms with Crippen LogP contribution in [0.25, 0.3) is 0 Å². The van der Waals surface area contributed by atoms with Gasteiger partial charge >= 0.3 is 5.97 Å². The smallest absolute Gasteiger partial charge is 0.326 e. The van der Waals surface area contributed by atoms with Crippen molar-refractivity contribution in [1.82, 2.24) is 5.32 Å². The van der Waals surface area contributed by atoms with E-state index in [1.54, 1.807) is 19.1 Å². The first-order valence-electron chi connectivity index (χ1n) is 6.70. The van der Waals surface area contributed by atoms with Crippen molar-refractivity contribution in [3.63, 3.8) is 0 Å². The van der Waals surface area contributed by atoms with Crippen LogP contribution in [0.1, 0.15) is 18.9 Å². The van der Waals surface area contributed by atoms with E-state index in [2.05, 4.69) is 5.32 Å². The number of ether oxygens (including phenoxy) is 1. The van der Waals surface area contributed by atoms with Crippen LogP contribution in [0.15, 0.2) is 24.3 Å². The van der Waals surface area contributed by atoms with Gasteiger partial charge in [0.1, 0.15) is 11.9 Å². The second-order valence-electron chi connectivity index (χ2n) is 4.92. The number of rotatable bonds is 8. The number of carbonyl (C=O) groups is 2. The van der Waals surface area contributed by atoms with Crippen molar-refractivity contribution in [1.29, 1.82) is 0 Å². The Hall–Kier alpha value is -1.95. The Kier molecular flexibility index (Phi) is 6.81. The summed E-state index contributed by atoms with van der Waals surface area (Å²) in [5.74, 6) is -2.28. The van der Waals surface area contributed by atoms with Gasteiger partial charge in [-0.05, 0) is 24.1 Å². The number of carboxylic acids is 1. The third-order valence-corrected chi connectivity index (χ3v) is 3.10. The summed E-state index contributed by atoms with van der Waals surface area (Å²) in [6, 6.07) is 5.02. The Labute approximate surface area is 123 Å². The van der Waals surface area contributed by atoms with Crippen LogP contribution in [0, 0.1) is 11.7 Å². The summed E-state index contributed by atoms with van der Waals surface area (Å²) in [6.45, 7) is 1.92. The van der Waals surface area contributed by atoms with Crippen LogP contribution in [-0.2, 0) is 20.7 Å². The molecule has 1 aromatic rings. The number of methoxy groups -OCH3 is 1. The van der Waals surface area contributed by atoms with Crippen molar-refractivity contribution in [2.75, 3.05) is 13.7 Å². The van der Waals surface area contributed by atoms with E-state index in [9.17, 15) is 14.0 Å². The van der Waals surface area contributed by atoms with Crippen molar-refractivity contribution < 1.29 is 23.8 Å². The molecule has 0 bridgehead atoms. The van der Waals surface area contributed by atoms with E-state index in [1.807, 2.05) is 0 Å². The summed E-state index contributed by atoms with van der Waals surface area (Å²) in [7, 11) is 1.47. The predicted molar refractivity (Wildman–Crippen MR) is 75.3 cm³/mol. The summed E-state index contributed by atoms with van der Waals surface area (Å²) < 4.78 is 17.9. The summed E-state index contributed by atoms with van der Waals surface area (Å²) in [5, 5.41) is 11.5. The SMILES string of the molecule is COCCC(NC(=O)C(C)Cc1cccc(F)c1)C(=O)O. The molecule has 0 heterocycles. The third kappa shape index (κ3) is 5.91. The monoisotopic (exact) mass is 297 g/mol. The predicted octanol–water partition coefficient (Wildman–Crippen LogP) is 1.61. The van der Waals surface area contributed by atoms with Gasteiger partial charge in [0.05, 0.1) is 0 Å². The summed E-state index contributed by atoms with van der Waals surface area (Å²) in [6.07, 6.45) is 0.546. The van der Waals surface area contributed by atoms with Crippen LogP contribution in [0.2, 0.25) is 0 Å². The summed E-state index contributed by atoms with van der Waals surface area (Å²) in [5.41, 5.74) is 0.696. The minimum atomic E-state index is -1.10. The van der Waals surface area contributed by atoms with Gasteiger partial charge in [-0.1, -0.05) is 19.1 Å². The van der Waals surface area contributed by atoms with E-state index in [0.29, 0.717) is 12.0 Å². The zero-order valence-corrected chi connectivity index (χ0v) is 12.1. The first-order chi connectivity index (χ1) is 9.93. The Morgan fingerprint density at radius 2 is 2.14 bits per heavy atom. The first kappa shape index (κ1) is 17.1. The number of carbonyl (C=O) groups excluding carboxylic acids is 1. The second kappa shape index (κ2) is 8.36. The van der Waals surface area contributed by atoms with Gasteiger partial charge in [-0.3, -0.25) is 4.79 Å². The highest BCUT2D eigenvalue weighted by Gasteiger charge is 2.22. The molecular formula is C15H20FNO4. The number of nitrogens with one attached hydrogen (secondary N) is 1. The Bertz CT molecular complexity index is 492. The van der Waals surface area contributed by atoms with Crippen molar-refractivity contribution >= 4 is 11.9 Å². The lowest BCUT2D eigenvalue weighted by atomic mass is 10.00. The van der Waals surface area contributed by atoms with E-state index in [1.165, 1.54) is 19.2 Å². The van der Waals surface area contributed by atoms with Gasteiger partial charge in [0, 0.05) is 26.1 Å². The summed E-state index contributed by atoms with van der Waals surface area (Å²) in [4.78, 5) is 23.0. The molecule has 0 saturated carbocycles. The highest BCUT2D eigenvalue weighted by Crippen LogP contribution is 2.11. The molecule has 116 valence electrons. The van der Waals surface area contributed by atoms with Gasteiger partial charge in [0.15, 0.2) is 0 Å². The molecule has 2 N–H and O–H groups in total. The fourth-order valence-corrected chi connectivity index (χ4v) is 1.92. The molecule has 0 aliphatic carbocycles. The van der Waals surface area contributed by atoms with E-state index in [4.69, 9.17) is 9.84 Å². The fraction of sp³-hybridized carbons (Fsp3) is 0.467. The minimum Gasteiger partial charge on any atom is -0.480 e. The molecule has 1 rings (SSSR count). The molecule has 0 spiro atoms. The van der Waals surface area contributed by atoms with Crippen molar-refractivity contribution in [2.45, 2.75) is 25.8 Å². The van der Waals surface area contributed by atoms with E-state index in [0.717, 1.165) is 0 Å². The fourth-order valence-electron chi connectivity index (χ4n) is 1.92. The van der Waals surface area contributed by atoms with Crippen molar-refractivity contribution in [2.24, 2.45) is 5.92 Å². The number of hydrogen-bond acceptors (Lipinski definition) is 3. The molecule has 6 heteroatoms. The molecule has 2 atom stereocenters. The number of halogens is 1. The minimum absolute atomic E-state index is 0.199. The topological polar surface area (TPSA) is 75.6 Å². The molecule has 0 saturated heterocycles. The highest BCUT2D eigenvalue weighted by molar-refractivity contribution is 5.84. The number of carboxylic acid groups (broad SMARTS) is 1. The van der Waals surface area contributed by atoms with Crippen LogP contribution in [0.4, 0.5) is 4.39 Å². The molecule has 21 heavy (non-hydrogen) atoms. The maximum absolute atomic E-state index is 13.1. The number of benzene rings is 1. The van der Waals surface area contributed by atoms with Gasteiger partial charge in [0.2, 0.25) is 5.91 Å². The lowest BCUT2D eigenvalue weighted by molar-refractivity contribution is -0.142. The molecular weight excluding hydrogens is 277 g/mol. The standard InChI is InChI=1S/C15H20FNO4/c1-10(8-11-4-3-5-12(16)9-11)14(18)17-13(15(19)20)6-7-21-2/h3-5,9-10,13H,6-8H2,1-2H3,(H,17,18)(H,19,20). The highest BCUT2D eigenvalue weighted by atomic mass is 19.1. The third-order valence-electron chi connectivity index (χ3n) is 3.10. The quantitative estimate of drug-likeness (QED) is 0.764. The maximum Gasteiger partial charge on any atom is 0.326 e. The van der Waals surface area contributed by atoms with Crippen LogP contribution < -0.4 is 5.32 Å². The Morgan fingerprint density at radius 1 is 1.43 bits per heavy atom. The van der Waals surface area contributed by atoms with Crippen LogP contribution in [-0.4, -0.2) is 36.7 Å². The molecule has 0 aromatic heterocycles. The van der Waals surface area contributed by atoms with Gasteiger partial charge in [-0.25, -0.2) is 9.18 Å². The average molecular weight is 297 g/mol. The van der Waals surface area contributed by atoms with E-state index >= 15 is 0 Å². The molecule has 2 unspecified atom stereocenters. The van der Waals surface area contributed by atoms with Crippen LogP contribution in [0.3, 0.4) is 0 Å². The number of hydrogen-bond donors (Lipinski definition) is 2. The number of amides is 1.